The minimum atomic E-state index is 0.545. The number of anilines is 1. The zero-order chi connectivity index (χ0) is 23.0. The lowest BCUT2D eigenvalue weighted by Gasteiger charge is -2.31. The smallest absolute Gasteiger partial charge is 0.186 e. The Hall–Kier alpha value is -2.26. The van der Waals surface area contributed by atoms with Crippen molar-refractivity contribution in [2.45, 2.75) is 25.3 Å². The van der Waals surface area contributed by atoms with Crippen LogP contribution in [-0.4, -0.2) is 80.7 Å². The first kappa shape index (κ1) is 23.9. The normalized spacial score (nSPS) is 18.7. The minimum absolute atomic E-state index is 0.545. The highest BCUT2D eigenvalue weighted by molar-refractivity contribution is 7.17. The Bertz CT molecular complexity index is 1010. The number of nitrogens with one attached hydrogen (secondary N) is 2. The van der Waals surface area contributed by atoms with Crippen LogP contribution in [-0.2, 0) is 11.2 Å². The first-order valence-corrected chi connectivity index (χ1v) is 12.6. The molecule has 2 aliphatic rings. The fraction of sp³-hybridized carbons (Fsp3) is 0.520. The van der Waals surface area contributed by atoms with Crippen molar-refractivity contribution in [2.24, 2.45) is 5.92 Å². The third-order valence-electron chi connectivity index (χ3n) is 6.72. The highest BCUT2D eigenvalue weighted by Gasteiger charge is 2.23. The summed E-state index contributed by atoms with van der Waals surface area (Å²) in [4.78, 5) is 23.3. The average molecular weight is 470 g/mol. The van der Waals surface area contributed by atoms with Crippen LogP contribution < -0.4 is 10.2 Å². The molecule has 1 unspecified atom stereocenters. The van der Waals surface area contributed by atoms with Gasteiger partial charge in [-0.1, -0.05) is 29.5 Å². The largest absolute Gasteiger partial charge is 0.381 e. The number of aldehydes is 1. The van der Waals surface area contributed by atoms with E-state index in [1.165, 1.54) is 40.6 Å². The lowest BCUT2D eigenvalue weighted by molar-refractivity contribution is 0.0548. The lowest BCUT2D eigenvalue weighted by Crippen LogP contribution is -2.44. The summed E-state index contributed by atoms with van der Waals surface area (Å²) in [5.41, 5.74) is 2.65. The molecule has 178 valence electrons. The SMILES string of the molecule is CN1CCN(c2ncc(C=O)s2)CC1.CNC(Cc1c[nH]c2ccccc12)C1CCOCC1. The molecule has 2 fully saturated rings. The summed E-state index contributed by atoms with van der Waals surface area (Å²) in [5.74, 6) is 0.729. The minimum Gasteiger partial charge on any atom is -0.381 e. The van der Waals surface area contributed by atoms with Crippen LogP contribution in [0.4, 0.5) is 5.13 Å². The number of carbonyl (C=O) groups is 1. The van der Waals surface area contributed by atoms with Crippen LogP contribution >= 0.6 is 11.3 Å². The number of hydrogen-bond donors (Lipinski definition) is 2. The Morgan fingerprint density at radius 1 is 1.24 bits per heavy atom. The fourth-order valence-corrected chi connectivity index (χ4v) is 5.42. The molecule has 0 bridgehead atoms. The van der Waals surface area contributed by atoms with Gasteiger partial charge in [-0.05, 0) is 50.9 Å². The maximum absolute atomic E-state index is 10.5. The number of para-hydroxylation sites is 1. The molecular formula is C25H35N5O2S. The molecule has 1 atom stereocenters. The van der Waals surface area contributed by atoms with E-state index >= 15 is 0 Å². The highest BCUT2D eigenvalue weighted by atomic mass is 32.1. The summed E-state index contributed by atoms with van der Waals surface area (Å²) in [6.07, 6.45) is 8.10. The molecule has 0 amide bonds. The summed E-state index contributed by atoms with van der Waals surface area (Å²) in [7, 11) is 4.20. The number of ether oxygens (including phenoxy) is 1. The Morgan fingerprint density at radius 3 is 2.70 bits per heavy atom. The molecule has 8 heteroatoms. The van der Waals surface area contributed by atoms with E-state index < -0.39 is 0 Å². The predicted molar refractivity (Wildman–Crippen MR) is 136 cm³/mol. The van der Waals surface area contributed by atoms with Crippen LogP contribution in [0.2, 0.25) is 0 Å². The number of thiazole rings is 1. The average Bonchev–Trinajstić information content (AvgIpc) is 3.51. The number of rotatable bonds is 6. The Kier molecular flexibility index (Phi) is 8.50. The van der Waals surface area contributed by atoms with Crippen LogP contribution in [0.1, 0.15) is 28.1 Å². The van der Waals surface area contributed by atoms with Gasteiger partial charge in [0.2, 0.25) is 0 Å². The first-order chi connectivity index (χ1) is 16.2. The van der Waals surface area contributed by atoms with Gasteiger partial charge in [0.25, 0.3) is 0 Å². The number of likely N-dealkylation sites (N-methyl/N-ethyl adjacent to an activating group) is 2. The van der Waals surface area contributed by atoms with Crippen LogP contribution in [0.5, 0.6) is 0 Å². The van der Waals surface area contributed by atoms with E-state index in [4.69, 9.17) is 4.74 Å². The maximum atomic E-state index is 10.5. The number of H-pyrrole nitrogens is 1. The van der Waals surface area contributed by atoms with Gasteiger partial charge in [-0.15, -0.1) is 0 Å². The topological polar surface area (TPSA) is 73.5 Å². The molecule has 3 aromatic rings. The van der Waals surface area contributed by atoms with Crippen LogP contribution in [0.15, 0.2) is 36.7 Å². The summed E-state index contributed by atoms with van der Waals surface area (Å²) >= 11 is 1.47. The number of hydrogen-bond acceptors (Lipinski definition) is 7. The van der Waals surface area contributed by atoms with Gasteiger partial charge in [0.1, 0.15) is 0 Å². The number of nitrogens with zero attached hydrogens (tertiary/aromatic N) is 3. The Morgan fingerprint density at radius 2 is 2.00 bits per heavy atom. The van der Waals surface area contributed by atoms with E-state index in [0.29, 0.717) is 10.9 Å². The molecule has 0 aliphatic carbocycles. The van der Waals surface area contributed by atoms with E-state index in [0.717, 1.165) is 63.1 Å². The molecule has 2 aliphatic heterocycles. The molecule has 5 rings (SSSR count). The quantitative estimate of drug-likeness (QED) is 0.539. The molecule has 33 heavy (non-hydrogen) atoms. The number of carbonyl (C=O) groups excluding carboxylic acids is 1. The van der Waals surface area contributed by atoms with Gasteiger partial charge in [0.15, 0.2) is 11.4 Å². The molecule has 2 N–H and O–H groups in total. The first-order valence-electron chi connectivity index (χ1n) is 11.8. The Balaban J connectivity index is 0.000000165. The third-order valence-corrected chi connectivity index (χ3v) is 7.71. The van der Waals surface area contributed by atoms with Crippen molar-refractivity contribution in [3.05, 3.63) is 47.1 Å². The number of benzene rings is 1. The van der Waals surface area contributed by atoms with Crippen molar-refractivity contribution < 1.29 is 9.53 Å². The highest BCUT2D eigenvalue weighted by Crippen LogP contribution is 2.25. The Labute approximate surface area is 200 Å². The van der Waals surface area contributed by atoms with Crippen molar-refractivity contribution in [2.75, 3.05) is 58.4 Å². The third kappa shape index (κ3) is 6.20. The molecule has 0 radical (unpaired) electrons. The van der Waals surface area contributed by atoms with Gasteiger partial charge < -0.3 is 24.8 Å². The van der Waals surface area contributed by atoms with E-state index in [-0.39, 0.29) is 0 Å². The van der Waals surface area contributed by atoms with E-state index in [1.807, 2.05) is 0 Å². The van der Waals surface area contributed by atoms with Crippen molar-refractivity contribution in [1.29, 1.82) is 0 Å². The van der Waals surface area contributed by atoms with Gasteiger partial charge in [0.05, 0.1) is 11.1 Å². The second-order valence-corrected chi connectivity index (χ2v) is 9.90. The zero-order valence-electron chi connectivity index (χ0n) is 19.6. The van der Waals surface area contributed by atoms with E-state index in [9.17, 15) is 4.79 Å². The molecule has 0 saturated carbocycles. The summed E-state index contributed by atoms with van der Waals surface area (Å²) in [6, 6.07) is 9.08. The second-order valence-electron chi connectivity index (χ2n) is 8.86. The summed E-state index contributed by atoms with van der Waals surface area (Å²) in [6.45, 7) is 5.96. The van der Waals surface area contributed by atoms with Gasteiger partial charge in [-0.25, -0.2) is 4.98 Å². The summed E-state index contributed by atoms with van der Waals surface area (Å²) < 4.78 is 5.47. The standard InChI is InChI=1S/C16H22N2O.C9H13N3OS/c1-17-16(12-6-8-19-9-7-12)10-13-11-18-15-5-3-2-4-14(13)15;1-11-2-4-12(5-3-11)9-10-6-8(7-13)14-9/h2-5,11-12,16-18H,6-10H2,1H3;6-7H,2-5H2,1H3. The molecule has 1 aromatic carbocycles. The second kappa shape index (κ2) is 11.7. The van der Waals surface area contributed by atoms with Crippen molar-refractivity contribution in [1.82, 2.24) is 20.2 Å². The van der Waals surface area contributed by atoms with Crippen LogP contribution in [0, 0.1) is 5.92 Å². The fourth-order valence-electron chi connectivity index (χ4n) is 4.64. The molecule has 0 spiro atoms. The van der Waals surface area contributed by atoms with Gasteiger partial charge in [-0.2, -0.15) is 0 Å². The molecule has 2 aromatic heterocycles. The summed E-state index contributed by atoms with van der Waals surface area (Å²) in [5, 5.41) is 5.83. The lowest BCUT2D eigenvalue weighted by atomic mass is 9.88. The molecular weight excluding hydrogens is 434 g/mol. The van der Waals surface area contributed by atoms with Crippen LogP contribution in [0.3, 0.4) is 0 Å². The zero-order valence-corrected chi connectivity index (χ0v) is 20.4. The molecule has 4 heterocycles. The van der Waals surface area contributed by atoms with Gasteiger partial charge >= 0.3 is 0 Å². The van der Waals surface area contributed by atoms with Gasteiger partial charge in [0, 0.05) is 62.5 Å². The van der Waals surface area contributed by atoms with Gasteiger partial charge in [-0.3, -0.25) is 4.79 Å². The number of fused-ring (bicyclic) bond motifs is 1. The van der Waals surface area contributed by atoms with Crippen molar-refractivity contribution >= 4 is 33.7 Å². The maximum Gasteiger partial charge on any atom is 0.186 e. The number of aromatic nitrogens is 2. The van der Waals surface area contributed by atoms with Crippen LogP contribution in [0.25, 0.3) is 10.9 Å². The predicted octanol–water partition coefficient (Wildman–Crippen LogP) is 3.43. The van der Waals surface area contributed by atoms with E-state index in [1.54, 1.807) is 6.20 Å². The number of aromatic amines is 1. The molecule has 7 nitrogen and oxygen atoms in total. The van der Waals surface area contributed by atoms with Crippen molar-refractivity contribution in [3.63, 3.8) is 0 Å². The number of piperazine rings is 1. The molecule has 2 saturated heterocycles. The van der Waals surface area contributed by atoms with Crippen molar-refractivity contribution in [3.8, 4) is 0 Å². The monoisotopic (exact) mass is 469 g/mol. The van der Waals surface area contributed by atoms with E-state index in [2.05, 4.69) is 69.6 Å².